The van der Waals surface area contributed by atoms with Gasteiger partial charge >= 0.3 is 5.97 Å². The molecule has 1 heterocycles. The summed E-state index contributed by atoms with van der Waals surface area (Å²) in [6.07, 6.45) is 1.64. The van der Waals surface area contributed by atoms with Crippen LogP contribution in [0.1, 0.15) is 11.5 Å². The van der Waals surface area contributed by atoms with Crippen molar-refractivity contribution in [1.29, 1.82) is 0 Å². The lowest BCUT2D eigenvalue weighted by Gasteiger charge is -2.10. The monoisotopic (exact) mass is 238 g/mol. The maximum absolute atomic E-state index is 11.1. The Hall–Kier alpha value is -1.52. The Kier molecular flexibility index (Phi) is 2.85. The van der Waals surface area contributed by atoms with Crippen LogP contribution in [0, 0.1) is 0 Å². The average Bonchev–Trinajstić information content (AvgIpc) is 2.62. The van der Waals surface area contributed by atoms with Gasteiger partial charge in [-0.2, -0.15) is 0 Å². The third-order valence-electron chi connectivity index (χ3n) is 2.61. The number of benzene rings is 1. The van der Waals surface area contributed by atoms with Gasteiger partial charge in [-0.1, -0.05) is 29.8 Å². The molecule has 2 aromatic rings. The minimum atomic E-state index is -0.930. The first-order valence-corrected chi connectivity index (χ1v) is 5.21. The first-order chi connectivity index (χ1) is 7.65. The quantitative estimate of drug-likeness (QED) is 0.765. The highest BCUT2D eigenvalue weighted by Crippen LogP contribution is 2.29. The maximum atomic E-state index is 11.1. The van der Waals surface area contributed by atoms with Crippen LogP contribution in [-0.4, -0.2) is 22.6 Å². The molecule has 2 rings (SSSR count). The second-order valence-corrected chi connectivity index (χ2v) is 3.94. The van der Waals surface area contributed by atoms with Crippen molar-refractivity contribution >= 4 is 28.5 Å². The summed E-state index contributed by atoms with van der Waals surface area (Å²) in [4.78, 5) is 14.0. The van der Waals surface area contributed by atoms with Crippen LogP contribution in [0.4, 0.5) is 0 Å². The Morgan fingerprint density at radius 3 is 2.94 bits per heavy atom. The van der Waals surface area contributed by atoms with Crippen molar-refractivity contribution in [1.82, 2.24) is 4.98 Å². The van der Waals surface area contributed by atoms with E-state index in [2.05, 4.69) is 4.98 Å². The van der Waals surface area contributed by atoms with Crippen molar-refractivity contribution in [3.05, 3.63) is 35.0 Å². The molecule has 0 fully saturated rings. The summed E-state index contributed by atoms with van der Waals surface area (Å²) in [6, 6.07) is 5.37. The Bertz CT molecular complexity index is 536. The summed E-state index contributed by atoms with van der Waals surface area (Å²) in [5.74, 6) is -1.64. The minimum Gasteiger partial charge on any atom is -0.481 e. The van der Waals surface area contributed by atoms with E-state index in [-0.39, 0.29) is 6.54 Å². The van der Waals surface area contributed by atoms with Gasteiger partial charge in [-0.25, -0.2) is 0 Å². The number of nitrogens with one attached hydrogen (secondary N) is 1. The average molecular weight is 239 g/mol. The molecule has 0 aliphatic rings. The molecule has 16 heavy (non-hydrogen) atoms. The fraction of sp³-hybridized carbons (Fsp3) is 0.182. The highest BCUT2D eigenvalue weighted by Gasteiger charge is 2.21. The van der Waals surface area contributed by atoms with Crippen molar-refractivity contribution in [2.45, 2.75) is 5.92 Å². The molecule has 0 bridgehead atoms. The van der Waals surface area contributed by atoms with Gasteiger partial charge in [-0.05, 0) is 5.56 Å². The van der Waals surface area contributed by atoms with Crippen LogP contribution in [0.25, 0.3) is 10.9 Å². The molecule has 1 atom stereocenters. The number of H-pyrrole nitrogens is 1. The van der Waals surface area contributed by atoms with Crippen LogP contribution in [-0.2, 0) is 4.79 Å². The zero-order valence-electron chi connectivity index (χ0n) is 8.40. The van der Waals surface area contributed by atoms with Gasteiger partial charge in [0.05, 0.1) is 16.5 Å². The van der Waals surface area contributed by atoms with E-state index in [1.54, 1.807) is 18.3 Å². The van der Waals surface area contributed by atoms with Gasteiger partial charge in [-0.3, -0.25) is 4.79 Å². The molecule has 0 aliphatic carbocycles. The largest absolute Gasteiger partial charge is 0.481 e. The number of carboxylic acid groups (broad SMARTS) is 1. The molecular weight excluding hydrogens is 228 g/mol. The standard InChI is InChI=1S/C11H11ClN2O2/c12-9-5-14-10-6(2-1-3-7(9)10)8(4-13)11(15)16/h1-3,5,8,14H,4,13H2,(H,15,16). The first kappa shape index (κ1) is 11.0. The Morgan fingerprint density at radius 2 is 2.31 bits per heavy atom. The molecule has 84 valence electrons. The summed E-state index contributed by atoms with van der Waals surface area (Å²) in [5.41, 5.74) is 6.88. The van der Waals surface area contributed by atoms with E-state index in [1.807, 2.05) is 6.07 Å². The third kappa shape index (κ3) is 1.66. The van der Waals surface area contributed by atoms with Gasteiger partial charge in [0.15, 0.2) is 0 Å². The van der Waals surface area contributed by atoms with Crippen LogP contribution in [0.3, 0.4) is 0 Å². The molecule has 5 heteroatoms. The van der Waals surface area contributed by atoms with Crippen LogP contribution >= 0.6 is 11.6 Å². The fourth-order valence-corrected chi connectivity index (χ4v) is 2.01. The second kappa shape index (κ2) is 4.15. The Labute approximate surface area is 97.0 Å². The van der Waals surface area contributed by atoms with Crippen molar-refractivity contribution < 1.29 is 9.90 Å². The molecular formula is C11H11ClN2O2. The van der Waals surface area contributed by atoms with Crippen LogP contribution < -0.4 is 5.73 Å². The smallest absolute Gasteiger partial charge is 0.312 e. The number of hydrogen-bond acceptors (Lipinski definition) is 2. The normalized spacial score (nSPS) is 12.9. The van der Waals surface area contributed by atoms with E-state index in [0.717, 1.165) is 10.9 Å². The number of para-hydroxylation sites is 1. The highest BCUT2D eigenvalue weighted by molar-refractivity contribution is 6.35. The molecule has 0 amide bonds. The molecule has 0 spiro atoms. The summed E-state index contributed by atoms with van der Waals surface area (Å²) in [7, 11) is 0. The number of aliphatic carboxylic acids is 1. The lowest BCUT2D eigenvalue weighted by atomic mass is 9.97. The minimum absolute atomic E-state index is 0.0606. The number of halogens is 1. The second-order valence-electron chi connectivity index (χ2n) is 3.53. The topological polar surface area (TPSA) is 79.1 Å². The van der Waals surface area contributed by atoms with E-state index < -0.39 is 11.9 Å². The molecule has 0 saturated heterocycles. The van der Waals surface area contributed by atoms with Crippen molar-refractivity contribution in [2.24, 2.45) is 5.73 Å². The van der Waals surface area contributed by atoms with E-state index in [9.17, 15) is 4.79 Å². The number of aromatic amines is 1. The number of hydrogen-bond donors (Lipinski definition) is 3. The maximum Gasteiger partial charge on any atom is 0.312 e. The van der Waals surface area contributed by atoms with Crippen molar-refractivity contribution in [2.75, 3.05) is 6.54 Å². The fourth-order valence-electron chi connectivity index (χ4n) is 1.79. The number of nitrogens with two attached hydrogens (primary N) is 1. The van der Waals surface area contributed by atoms with Gasteiger partial charge in [0.1, 0.15) is 0 Å². The van der Waals surface area contributed by atoms with Gasteiger partial charge in [0.25, 0.3) is 0 Å². The number of fused-ring (bicyclic) bond motifs is 1. The molecule has 4 nitrogen and oxygen atoms in total. The van der Waals surface area contributed by atoms with Gasteiger partial charge < -0.3 is 15.8 Å². The summed E-state index contributed by atoms with van der Waals surface area (Å²) >= 11 is 5.96. The van der Waals surface area contributed by atoms with E-state index in [1.165, 1.54) is 0 Å². The molecule has 0 aliphatic heterocycles. The SMILES string of the molecule is NCC(C(=O)O)c1cccc2c(Cl)c[nH]c12. The zero-order valence-corrected chi connectivity index (χ0v) is 9.16. The summed E-state index contributed by atoms with van der Waals surface area (Å²) < 4.78 is 0. The van der Waals surface area contributed by atoms with Crippen LogP contribution in [0.15, 0.2) is 24.4 Å². The van der Waals surface area contributed by atoms with Crippen molar-refractivity contribution in [3.63, 3.8) is 0 Å². The molecule has 1 unspecified atom stereocenters. The third-order valence-corrected chi connectivity index (χ3v) is 2.92. The molecule has 0 saturated carbocycles. The number of carboxylic acids is 1. The van der Waals surface area contributed by atoms with E-state index >= 15 is 0 Å². The van der Waals surface area contributed by atoms with Crippen molar-refractivity contribution in [3.8, 4) is 0 Å². The highest BCUT2D eigenvalue weighted by atomic mass is 35.5. The molecule has 1 aromatic heterocycles. The summed E-state index contributed by atoms with van der Waals surface area (Å²) in [6.45, 7) is 0.0606. The van der Waals surface area contributed by atoms with Gasteiger partial charge in [0, 0.05) is 18.1 Å². The lowest BCUT2D eigenvalue weighted by molar-refractivity contribution is -0.138. The van der Waals surface area contributed by atoms with E-state index in [4.69, 9.17) is 22.4 Å². The molecule has 1 aromatic carbocycles. The van der Waals surface area contributed by atoms with Crippen LogP contribution in [0.5, 0.6) is 0 Å². The Balaban J connectivity index is 2.63. The number of rotatable bonds is 3. The van der Waals surface area contributed by atoms with Gasteiger partial charge in [-0.15, -0.1) is 0 Å². The first-order valence-electron chi connectivity index (χ1n) is 4.83. The number of carbonyl (C=O) groups is 1. The predicted molar refractivity (Wildman–Crippen MR) is 62.7 cm³/mol. The zero-order chi connectivity index (χ0) is 11.7. The molecule has 4 N–H and O–H groups in total. The summed E-state index contributed by atoms with van der Waals surface area (Å²) in [5, 5.41) is 10.5. The number of aromatic nitrogens is 1. The van der Waals surface area contributed by atoms with Gasteiger partial charge in [0.2, 0.25) is 0 Å². The predicted octanol–water partition coefficient (Wildman–Crippen LogP) is 1.95. The van der Waals surface area contributed by atoms with Crippen LogP contribution in [0.2, 0.25) is 5.02 Å². The Morgan fingerprint density at radius 1 is 1.56 bits per heavy atom. The molecule has 0 radical (unpaired) electrons. The lowest BCUT2D eigenvalue weighted by Crippen LogP contribution is -2.21. The van der Waals surface area contributed by atoms with E-state index in [0.29, 0.717) is 10.6 Å².